The number of nitrogens with one attached hydrogen (secondary N) is 1. The number of anilines is 1. The molecule has 0 spiro atoms. The maximum Gasteiger partial charge on any atom is 0.239 e. The van der Waals surface area contributed by atoms with Gasteiger partial charge < -0.3 is 11.1 Å². The number of carbonyl (C=O) groups excluding carboxylic acids is 1. The highest BCUT2D eigenvalue weighted by molar-refractivity contribution is 9.10. The largest absolute Gasteiger partial charge is 0.368 e. The molecule has 0 aliphatic carbocycles. The molecule has 0 aromatic carbocycles. The van der Waals surface area contributed by atoms with Crippen molar-refractivity contribution in [1.82, 2.24) is 4.98 Å². The number of pyridine rings is 1. The van der Waals surface area contributed by atoms with E-state index in [0.717, 1.165) is 4.47 Å². The lowest BCUT2D eigenvalue weighted by molar-refractivity contribution is -0.118. The summed E-state index contributed by atoms with van der Waals surface area (Å²) in [6, 6.07) is 3.28. The van der Waals surface area contributed by atoms with E-state index in [2.05, 4.69) is 26.2 Å². The molecule has 1 unspecified atom stereocenters. The van der Waals surface area contributed by atoms with E-state index >= 15 is 0 Å². The van der Waals surface area contributed by atoms with Gasteiger partial charge in [0.2, 0.25) is 5.91 Å². The number of primary amides is 1. The van der Waals surface area contributed by atoms with Gasteiger partial charge in [-0.15, -0.1) is 0 Å². The first-order chi connectivity index (χ1) is 6.63. The van der Waals surface area contributed by atoms with Gasteiger partial charge in [-0.25, -0.2) is 4.98 Å². The number of hydrogen-bond acceptors (Lipinski definition) is 3. The first-order valence-electron chi connectivity index (χ1n) is 4.31. The molecule has 5 heteroatoms. The van der Waals surface area contributed by atoms with Crippen LogP contribution in [0.25, 0.3) is 0 Å². The third-order valence-electron chi connectivity index (χ3n) is 1.80. The molecule has 0 aliphatic rings. The van der Waals surface area contributed by atoms with Gasteiger partial charge in [0.05, 0.1) is 0 Å². The zero-order valence-corrected chi connectivity index (χ0v) is 9.41. The first-order valence-corrected chi connectivity index (χ1v) is 5.10. The van der Waals surface area contributed by atoms with Crippen molar-refractivity contribution in [3.05, 3.63) is 22.8 Å². The van der Waals surface area contributed by atoms with E-state index in [4.69, 9.17) is 5.73 Å². The molecule has 0 radical (unpaired) electrons. The Morgan fingerprint density at radius 3 is 2.86 bits per heavy atom. The van der Waals surface area contributed by atoms with E-state index in [1.807, 2.05) is 13.0 Å². The molecule has 14 heavy (non-hydrogen) atoms. The van der Waals surface area contributed by atoms with Gasteiger partial charge in [0.25, 0.3) is 0 Å². The van der Waals surface area contributed by atoms with E-state index in [0.29, 0.717) is 12.2 Å². The summed E-state index contributed by atoms with van der Waals surface area (Å²) < 4.78 is 0.898. The van der Waals surface area contributed by atoms with E-state index in [9.17, 15) is 4.79 Å². The number of rotatable bonds is 4. The highest BCUT2D eigenvalue weighted by Gasteiger charge is 2.12. The molecule has 0 saturated carbocycles. The van der Waals surface area contributed by atoms with Crippen LogP contribution in [0.1, 0.15) is 13.3 Å². The van der Waals surface area contributed by atoms with Gasteiger partial charge in [-0.2, -0.15) is 0 Å². The predicted molar refractivity (Wildman–Crippen MR) is 58.8 cm³/mol. The fourth-order valence-corrected chi connectivity index (χ4v) is 1.25. The second-order valence-corrected chi connectivity index (χ2v) is 3.78. The molecule has 76 valence electrons. The highest BCUT2D eigenvalue weighted by atomic mass is 79.9. The molecule has 0 saturated heterocycles. The average Bonchev–Trinajstić information content (AvgIpc) is 2.16. The monoisotopic (exact) mass is 257 g/mol. The smallest absolute Gasteiger partial charge is 0.239 e. The van der Waals surface area contributed by atoms with Gasteiger partial charge in [0, 0.05) is 10.7 Å². The zero-order chi connectivity index (χ0) is 10.6. The van der Waals surface area contributed by atoms with Crippen molar-refractivity contribution in [3.63, 3.8) is 0 Å². The Morgan fingerprint density at radius 2 is 2.43 bits per heavy atom. The molecule has 0 fully saturated rings. The molecule has 0 bridgehead atoms. The summed E-state index contributed by atoms with van der Waals surface area (Å²) in [7, 11) is 0. The second kappa shape index (κ2) is 4.95. The van der Waals surface area contributed by atoms with Crippen molar-refractivity contribution in [3.8, 4) is 0 Å². The van der Waals surface area contributed by atoms with Crippen molar-refractivity contribution >= 4 is 27.7 Å². The van der Waals surface area contributed by atoms with Crippen LogP contribution in [0.15, 0.2) is 22.8 Å². The molecular weight excluding hydrogens is 246 g/mol. The van der Waals surface area contributed by atoms with Crippen LogP contribution in [0.4, 0.5) is 5.82 Å². The standard InChI is InChI=1S/C9H12BrN3O/c1-2-7(9(11)14)13-8-4-3-6(10)5-12-8/h3-5,7H,2H2,1H3,(H2,11,14)(H,12,13). The van der Waals surface area contributed by atoms with Gasteiger partial charge >= 0.3 is 0 Å². The maximum absolute atomic E-state index is 10.9. The van der Waals surface area contributed by atoms with Crippen LogP contribution in [0.5, 0.6) is 0 Å². The van der Waals surface area contributed by atoms with E-state index in [1.54, 1.807) is 12.3 Å². The molecule has 0 aliphatic heterocycles. The molecular formula is C9H12BrN3O. The molecule has 1 aromatic heterocycles. The van der Waals surface area contributed by atoms with Crippen LogP contribution in [0, 0.1) is 0 Å². The summed E-state index contributed by atoms with van der Waals surface area (Å²) in [6.45, 7) is 1.89. The van der Waals surface area contributed by atoms with Crippen molar-refractivity contribution in [1.29, 1.82) is 0 Å². The Morgan fingerprint density at radius 1 is 1.71 bits per heavy atom. The van der Waals surface area contributed by atoms with Crippen LogP contribution in [-0.4, -0.2) is 16.9 Å². The number of aromatic nitrogens is 1. The third kappa shape index (κ3) is 2.99. The quantitative estimate of drug-likeness (QED) is 0.860. The summed E-state index contributed by atoms with van der Waals surface area (Å²) in [5, 5.41) is 2.95. The minimum absolute atomic E-state index is 0.358. The van der Waals surface area contributed by atoms with Crippen molar-refractivity contribution in [2.24, 2.45) is 5.73 Å². The van der Waals surface area contributed by atoms with Crippen LogP contribution >= 0.6 is 15.9 Å². The van der Waals surface area contributed by atoms with E-state index in [-0.39, 0.29) is 11.9 Å². The van der Waals surface area contributed by atoms with Gasteiger partial charge in [-0.05, 0) is 34.5 Å². The molecule has 1 aromatic rings. The Kier molecular flexibility index (Phi) is 3.88. The minimum atomic E-state index is -0.364. The van der Waals surface area contributed by atoms with E-state index in [1.165, 1.54) is 0 Å². The van der Waals surface area contributed by atoms with Crippen molar-refractivity contribution < 1.29 is 4.79 Å². The van der Waals surface area contributed by atoms with Gasteiger partial charge in [-0.3, -0.25) is 4.79 Å². The van der Waals surface area contributed by atoms with Crippen LogP contribution in [-0.2, 0) is 4.79 Å². The van der Waals surface area contributed by atoms with Crippen molar-refractivity contribution in [2.75, 3.05) is 5.32 Å². The molecule has 4 nitrogen and oxygen atoms in total. The summed E-state index contributed by atoms with van der Waals surface area (Å²) in [5.41, 5.74) is 5.19. The lowest BCUT2D eigenvalue weighted by Crippen LogP contribution is -2.34. The average molecular weight is 258 g/mol. The van der Waals surface area contributed by atoms with E-state index < -0.39 is 0 Å². The third-order valence-corrected chi connectivity index (χ3v) is 2.27. The Bertz CT molecular complexity index is 312. The SMILES string of the molecule is CCC(Nc1ccc(Br)cn1)C(N)=O. The van der Waals surface area contributed by atoms with Gasteiger partial charge in [0.15, 0.2) is 0 Å². The number of nitrogens with two attached hydrogens (primary N) is 1. The fourth-order valence-electron chi connectivity index (χ4n) is 1.01. The molecule has 1 rings (SSSR count). The highest BCUT2D eigenvalue weighted by Crippen LogP contribution is 2.11. The first kappa shape index (κ1) is 11.0. The number of hydrogen-bond donors (Lipinski definition) is 2. The van der Waals surface area contributed by atoms with Gasteiger partial charge in [-0.1, -0.05) is 6.92 Å². The van der Waals surface area contributed by atoms with Crippen LogP contribution < -0.4 is 11.1 Å². The number of halogens is 1. The topological polar surface area (TPSA) is 68.0 Å². The summed E-state index contributed by atoms with van der Waals surface area (Å²) in [6.07, 6.45) is 2.31. The molecule has 1 heterocycles. The van der Waals surface area contributed by atoms with Crippen LogP contribution in [0.3, 0.4) is 0 Å². The summed E-state index contributed by atoms with van der Waals surface area (Å²) >= 11 is 3.28. The number of amides is 1. The zero-order valence-electron chi connectivity index (χ0n) is 7.83. The Balaban J connectivity index is 2.67. The minimum Gasteiger partial charge on any atom is -0.368 e. The fraction of sp³-hybridized carbons (Fsp3) is 0.333. The number of nitrogens with zero attached hydrogens (tertiary/aromatic N) is 1. The summed E-state index contributed by atoms with van der Waals surface area (Å²) in [4.78, 5) is 15.0. The molecule has 1 amide bonds. The second-order valence-electron chi connectivity index (χ2n) is 2.87. The van der Waals surface area contributed by atoms with Crippen LogP contribution in [0.2, 0.25) is 0 Å². The Hall–Kier alpha value is -1.10. The maximum atomic E-state index is 10.9. The lowest BCUT2D eigenvalue weighted by atomic mass is 10.2. The lowest BCUT2D eigenvalue weighted by Gasteiger charge is -2.13. The molecule has 3 N–H and O–H groups in total. The Labute approximate surface area is 91.0 Å². The number of carbonyl (C=O) groups is 1. The molecule has 1 atom stereocenters. The van der Waals surface area contributed by atoms with Crippen molar-refractivity contribution in [2.45, 2.75) is 19.4 Å². The predicted octanol–water partition coefficient (Wildman–Crippen LogP) is 1.52. The van der Waals surface area contributed by atoms with Gasteiger partial charge in [0.1, 0.15) is 11.9 Å². The summed E-state index contributed by atoms with van der Waals surface area (Å²) in [5.74, 6) is 0.288. The normalized spacial score (nSPS) is 12.1.